The van der Waals surface area contributed by atoms with Gasteiger partial charge >= 0.3 is 0 Å². The van der Waals surface area contributed by atoms with E-state index in [0.717, 1.165) is 29.5 Å². The number of pyridine rings is 2. The highest BCUT2D eigenvalue weighted by Gasteiger charge is 2.22. The molecule has 0 amide bonds. The first-order chi connectivity index (χ1) is 24.5. The predicted octanol–water partition coefficient (Wildman–Crippen LogP) is 6.88. The van der Waals surface area contributed by atoms with Crippen molar-refractivity contribution < 1.29 is 19.7 Å². The van der Waals surface area contributed by atoms with Crippen LogP contribution in [0, 0.1) is 12.8 Å². The number of methoxy groups -OCH3 is 2. The summed E-state index contributed by atoms with van der Waals surface area (Å²) in [6, 6.07) is 8.47. The predicted molar refractivity (Wildman–Crippen MR) is 203 cm³/mol. The summed E-state index contributed by atoms with van der Waals surface area (Å²) in [6.45, 7) is 6.14. The van der Waals surface area contributed by atoms with Gasteiger partial charge in [-0.05, 0) is 79.1 Å². The Morgan fingerprint density at radius 3 is 2.14 bits per heavy atom. The number of halogens is 3. The Labute approximate surface area is 311 Å². The summed E-state index contributed by atoms with van der Waals surface area (Å²) in [5, 5.41) is 31.0. The molecule has 0 aliphatic carbocycles. The summed E-state index contributed by atoms with van der Waals surface area (Å²) in [4.78, 5) is 27.4. The van der Waals surface area contributed by atoms with Crippen LogP contribution < -0.4 is 25.4 Å². The maximum Gasteiger partial charge on any atom is 0.225 e. The van der Waals surface area contributed by atoms with Gasteiger partial charge in [-0.25, -0.2) is 19.9 Å². The SMILES string of the molecule is CCC[C@@H](CO)Nc1nc(Cl)nc2c(CC(C)C[C@@H](CO)Nc3nc(NCc4ccc(OC)cc4OC)nc4c(C)cc(Cl)nc34)cc(Cl)nc12. The zero-order valence-corrected chi connectivity index (χ0v) is 31.4. The second-order valence-electron chi connectivity index (χ2n) is 12.4. The average molecular weight is 759 g/mol. The van der Waals surface area contributed by atoms with Crippen molar-refractivity contribution in [2.45, 2.75) is 65.1 Å². The smallest absolute Gasteiger partial charge is 0.225 e. The zero-order valence-electron chi connectivity index (χ0n) is 29.1. The Balaban J connectivity index is 1.39. The Morgan fingerprint density at radius 2 is 1.45 bits per heavy atom. The van der Waals surface area contributed by atoms with E-state index in [-0.39, 0.29) is 35.6 Å². The zero-order chi connectivity index (χ0) is 36.7. The molecule has 13 nitrogen and oxygen atoms in total. The molecule has 272 valence electrons. The number of rotatable bonds is 17. The fourth-order valence-electron chi connectivity index (χ4n) is 6.01. The van der Waals surface area contributed by atoms with Crippen LogP contribution >= 0.6 is 34.8 Å². The number of anilines is 3. The van der Waals surface area contributed by atoms with Gasteiger partial charge in [-0.15, -0.1) is 0 Å². The van der Waals surface area contributed by atoms with Crippen molar-refractivity contribution in [1.82, 2.24) is 29.9 Å². The van der Waals surface area contributed by atoms with E-state index in [9.17, 15) is 10.2 Å². The third-order valence-corrected chi connectivity index (χ3v) is 8.99. The molecule has 0 aliphatic rings. The first kappa shape index (κ1) is 38.2. The van der Waals surface area contributed by atoms with Gasteiger partial charge in [0.25, 0.3) is 0 Å². The van der Waals surface area contributed by atoms with Crippen molar-refractivity contribution in [3.05, 3.63) is 62.6 Å². The molecule has 4 heterocycles. The number of aliphatic hydroxyl groups is 2. The summed E-state index contributed by atoms with van der Waals surface area (Å²) >= 11 is 19.2. The van der Waals surface area contributed by atoms with Crippen LogP contribution in [0.4, 0.5) is 17.6 Å². The Morgan fingerprint density at radius 1 is 0.765 bits per heavy atom. The molecule has 5 rings (SSSR count). The molecule has 0 bridgehead atoms. The largest absolute Gasteiger partial charge is 0.497 e. The normalized spacial score (nSPS) is 13.2. The van der Waals surface area contributed by atoms with Crippen molar-refractivity contribution in [3.8, 4) is 11.5 Å². The van der Waals surface area contributed by atoms with Crippen LogP contribution in [0.25, 0.3) is 22.1 Å². The van der Waals surface area contributed by atoms with E-state index in [1.165, 1.54) is 0 Å². The molecule has 0 saturated heterocycles. The Kier molecular flexibility index (Phi) is 13.1. The first-order valence-electron chi connectivity index (χ1n) is 16.6. The van der Waals surface area contributed by atoms with Crippen molar-refractivity contribution >= 4 is 74.5 Å². The molecule has 1 unspecified atom stereocenters. The molecule has 5 aromatic rings. The molecule has 0 fully saturated rings. The fraction of sp³-hybridized carbons (Fsp3) is 0.429. The van der Waals surface area contributed by atoms with E-state index < -0.39 is 6.04 Å². The quantitative estimate of drug-likeness (QED) is 0.0492. The average Bonchev–Trinajstić information content (AvgIpc) is 3.10. The van der Waals surface area contributed by atoms with E-state index in [1.54, 1.807) is 26.4 Å². The number of hydrogen-bond acceptors (Lipinski definition) is 13. The number of benzene rings is 1. The number of nitrogens with one attached hydrogen (secondary N) is 3. The van der Waals surface area contributed by atoms with E-state index in [1.807, 2.05) is 32.0 Å². The van der Waals surface area contributed by atoms with Crippen molar-refractivity contribution in [2.24, 2.45) is 5.92 Å². The van der Waals surface area contributed by atoms with E-state index in [0.29, 0.717) is 75.7 Å². The van der Waals surface area contributed by atoms with Crippen LogP contribution in [-0.2, 0) is 13.0 Å². The van der Waals surface area contributed by atoms with Gasteiger partial charge < -0.3 is 35.6 Å². The maximum atomic E-state index is 10.6. The highest BCUT2D eigenvalue weighted by atomic mass is 35.5. The van der Waals surface area contributed by atoms with Crippen LogP contribution in [0.2, 0.25) is 15.6 Å². The molecule has 0 spiro atoms. The molecule has 0 radical (unpaired) electrons. The molecule has 51 heavy (non-hydrogen) atoms. The molecule has 0 aliphatic heterocycles. The van der Waals surface area contributed by atoms with Crippen LogP contribution in [0.15, 0.2) is 30.3 Å². The summed E-state index contributed by atoms with van der Waals surface area (Å²) in [5.74, 6) is 2.58. The van der Waals surface area contributed by atoms with Gasteiger partial charge in [0.1, 0.15) is 32.8 Å². The second-order valence-corrected chi connectivity index (χ2v) is 13.5. The molecule has 3 atom stereocenters. The lowest BCUT2D eigenvalue weighted by Crippen LogP contribution is -2.28. The van der Waals surface area contributed by atoms with Gasteiger partial charge in [-0.3, -0.25) is 0 Å². The summed E-state index contributed by atoms with van der Waals surface area (Å²) in [6.07, 6.45) is 2.70. The molecule has 0 saturated carbocycles. The van der Waals surface area contributed by atoms with Crippen molar-refractivity contribution in [3.63, 3.8) is 0 Å². The van der Waals surface area contributed by atoms with Crippen LogP contribution in [0.1, 0.15) is 49.8 Å². The molecule has 5 N–H and O–H groups in total. The van der Waals surface area contributed by atoms with Crippen LogP contribution in [0.5, 0.6) is 11.5 Å². The highest BCUT2D eigenvalue weighted by Crippen LogP contribution is 2.31. The fourth-order valence-corrected chi connectivity index (χ4v) is 6.64. The minimum absolute atomic E-state index is 0.0262. The number of aryl methyl sites for hydroxylation is 1. The van der Waals surface area contributed by atoms with Crippen LogP contribution in [-0.4, -0.2) is 79.6 Å². The molecular formula is C35H42Cl3N9O4. The third-order valence-electron chi connectivity index (χ3n) is 8.43. The number of aliphatic hydroxyl groups excluding tert-OH is 2. The minimum Gasteiger partial charge on any atom is -0.497 e. The number of hydrogen-bond donors (Lipinski definition) is 5. The monoisotopic (exact) mass is 757 g/mol. The summed E-state index contributed by atoms with van der Waals surface area (Å²) in [5.41, 5.74) is 4.68. The van der Waals surface area contributed by atoms with E-state index in [4.69, 9.17) is 54.2 Å². The Hall–Kier alpha value is -4.01. The molecule has 16 heteroatoms. The van der Waals surface area contributed by atoms with E-state index in [2.05, 4.69) is 42.8 Å². The lowest BCUT2D eigenvalue weighted by atomic mass is 9.94. The molecule has 4 aromatic heterocycles. The topological polar surface area (TPSA) is 172 Å². The number of nitrogens with zero attached hydrogens (tertiary/aromatic N) is 6. The number of fused-ring (bicyclic) bond motifs is 2. The van der Waals surface area contributed by atoms with E-state index >= 15 is 0 Å². The first-order valence-corrected chi connectivity index (χ1v) is 17.8. The van der Waals surface area contributed by atoms with Gasteiger partial charge in [0.2, 0.25) is 11.2 Å². The van der Waals surface area contributed by atoms with Gasteiger partial charge in [0.15, 0.2) is 11.6 Å². The lowest BCUT2D eigenvalue weighted by Gasteiger charge is -2.23. The number of ether oxygens (including phenoxy) is 2. The van der Waals surface area contributed by atoms with Crippen LogP contribution in [0.3, 0.4) is 0 Å². The maximum absolute atomic E-state index is 10.6. The highest BCUT2D eigenvalue weighted by molar-refractivity contribution is 6.30. The lowest BCUT2D eigenvalue weighted by molar-refractivity contribution is 0.256. The van der Waals surface area contributed by atoms with Gasteiger partial charge in [0.05, 0.1) is 50.6 Å². The van der Waals surface area contributed by atoms with Crippen molar-refractivity contribution in [1.29, 1.82) is 0 Å². The minimum atomic E-state index is -0.410. The third kappa shape index (κ3) is 9.46. The van der Waals surface area contributed by atoms with Gasteiger partial charge in [-0.2, -0.15) is 9.97 Å². The Bertz CT molecular complexity index is 1990. The van der Waals surface area contributed by atoms with Gasteiger partial charge in [0, 0.05) is 18.2 Å². The molecular weight excluding hydrogens is 717 g/mol. The summed E-state index contributed by atoms with van der Waals surface area (Å²) in [7, 11) is 3.21. The van der Waals surface area contributed by atoms with Gasteiger partial charge in [-0.1, -0.05) is 43.5 Å². The summed E-state index contributed by atoms with van der Waals surface area (Å²) < 4.78 is 10.9. The molecule has 1 aromatic carbocycles. The number of aromatic nitrogens is 6. The van der Waals surface area contributed by atoms with Crippen molar-refractivity contribution in [2.75, 3.05) is 43.4 Å². The standard InChI is InChI=1S/C35H42Cl3N9O4/c1-6-7-22(16-48)40-32-31-29(44-34(38)46-32)21(13-27(37)43-31)10-18(2)11-23(17-49)41-33-30-28(19(3)12-26(36)42-30)45-35(47-33)39-15-20-8-9-24(50-4)14-25(20)51-5/h8-9,12-14,18,22-23,48-49H,6-7,10-11,15-17H2,1-5H3,(H,40,44,46)(H2,39,41,45,47)/t18?,22-,23-/m0/s1. The second kappa shape index (κ2) is 17.5.